The molecule has 10 rings (SSSR count). The third-order valence-electron chi connectivity index (χ3n) is 19.0. The number of carbonyl (C=O) groups excluding carboxylic acids is 3. The number of carbonyl (C=O) groups is 3. The van der Waals surface area contributed by atoms with Gasteiger partial charge in [-0.3, -0.25) is 14.4 Å². The smallest absolute Gasteiger partial charge is 0.141 e. The first-order valence-corrected chi connectivity index (χ1v) is 23.7. The lowest BCUT2D eigenvalue weighted by atomic mass is 9.44. The summed E-state index contributed by atoms with van der Waals surface area (Å²) in [6.07, 6.45) is 15.7. The fraction of sp³-hybridized carbons (Fsp3) is 0.872. The first kappa shape index (κ1) is 42.6. The fourth-order valence-electron chi connectivity index (χ4n) is 15.6. The van der Waals surface area contributed by atoms with Gasteiger partial charge >= 0.3 is 0 Å². The highest BCUT2D eigenvalue weighted by atomic mass is 16.6. The molecule has 0 spiro atoms. The van der Waals surface area contributed by atoms with Crippen molar-refractivity contribution >= 4 is 34.5 Å². The van der Waals surface area contributed by atoms with Gasteiger partial charge in [0.25, 0.3) is 0 Å². The molecule has 60 heavy (non-hydrogen) atoms. The molecule has 332 valence electrons. The first-order valence-electron chi connectivity index (χ1n) is 23.7. The molecule has 14 unspecified atom stereocenters. The highest BCUT2D eigenvalue weighted by Gasteiger charge is 2.65. The Labute approximate surface area is 356 Å². The van der Waals surface area contributed by atoms with E-state index in [0.29, 0.717) is 66.8 Å². The molecule has 8 aliphatic carbocycles. The number of oxime groups is 3. The summed E-state index contributed by atoms with van der Waals surface area (Å²) in [4.78, 5) is 55.5. The number of nitrogens with one attached hydrogen (secondary N) is 2. The number of rotatable bonds is 7. The van der Waals surface area contributed by atoms with E-state index in [4.69, 9.17) is 14.5 Å². The average molecular weight is 834 g/mol. The number of hydrogen-bond acceptors (Lipinski definition) is 13. The first-order chi connectivity index (χ1) is 29.0. The Morgan fingerprint density at radius 2 is 1.10 bits per heavy atom. The molecule has 0 aromatic carbocycles. The van der Waals surface area contributed by atoms with Crippen LogP contribution in [0.4, 0.5) is 0 Å². The highest BCUT2D eigenvalue weighted by molar-refractivity contribution is 5.96. The molecule has 0 aromatic rings. The van der Waals surface area contributed by atoms with Crippen LogP contribution in [0.5, 0.6) is 0 Å². The minimum atomic E-state index is -0.332. The lowest BCUT2D eigenvalue weighted by Gasteiger charge is -2.60. The third kappa shape index (κ3) is 7.02. The van der Waals surface area contributed by atoms with Crippen molar-refractivity contribution in [2.75, 3.05) is 46.5 Å². The molecule has 0 aromatic heterocycles. The summed E-state index contributed by atoms with van der Waals surface area (Å²) in [6, 6.07) is 0. The van der Waals surface area contributed by atoms with Gasteiger partial charge in [0.15, 0.2) is 0 Å². The maximum absolute atomic E-state index is 13.3. The molecular weight excluding hydrogens is 763 g/mol. The summed E-state index contributed by atoms with van der Waals surface area (Å²) < 4.78 is 0. The summed E-state index contributed by atoms with van der Waals surface area (Å²) in [7, 11) is 1.61. The summed E-state index contributed by atoms with van der Waals surface area (Å²) in [5, 5.41) is 41.5. The predicted octanol–water partition coefficient (Wildman–Crippen LogP) is 5.40. The van der Waals surface area contributed by atoms with Gasteiger partial charge in [-0.1, -0.05) is 29.3 Å². The molecule has 13 heteroatoms. The molecule has 8 saturated carbocycles. The summed E-state index contributed by atoms with van der Waals surface area (Å²) in [6.45, 7) is 8.21. The molecule has 0 bridgehead atoms. The van der Waals surface area contributed by atoms with Crippen molar-refractivity contribution in [2.45, 2.75) is 142 Å². The second-order valence-electron chi connectivity index (χ2n) is 21.3. The average Bonchev–Trinajstić information content (AvgIpc) is 4.09. The topological polar surface area (TPSA) is 180 Å². The zero-order valence-corrected chi connectivity index (χ0v) is 36.4. The Hall–Kier alpha value is -2.74. The second kappa shape index (κ2) is 16.8. The minimum Gasteiger partial charge on any atom is -0.399 e. The van der Waals surface area contributed by atoms with Crippen molar-refractivity contribution in [1.82, 2.24) is 10.6 Å². The van der Waals surface area contributed by atoms with E-state index in [9.17, 15) is 24.6 Å². The molecule has 2 saturated heterocycles. The third-order valence-corrected chi connectivity index (χ3v) is 19.0. The van der Waals surface area contributed by atoms with Crippen molar-refractivity contribution in [3.63, 3.8) is 0 Å². The molecule has 2 heterocycles. The standard InChI is InChI=1S/C24H37N3O4.C23H34N2O4/c1-23-8-6-19-17(18(23)3-4-22(23)29)12-21(27-30-2)20-11-15(5-9-24(19,20)14-28)26-31-16-7-10-25-13-16;1-22-7-5-18-16(17(22)2-3-21(22)28)11-20(27)19-10-14(4-8-23(18,19)13-26)25-29-15-6-9-24-12-15/h16-20,25,28H,3-14H2,1-2H3;15-19,24,26H,2-13H2,1H3/b26-15-,27-21+;25-14-. The van der Waals surface area contributed by atoms with E-state index in [0.717, 1.165) is 133 Å². The van der Waals surface area contributed by atoms with Crippen molar-refractivity contribution in [3.05, 3.63) is 0 Å². The normalized spacial score (nSPS) is 47.8. The quantitative estimate of drug-likeness (QED) is 0.243. The number of hydrogen-bond donors (Lipinski definition) is 4. The Kier molecular flexibility index (Phi) is 11.9. The summed E-state index contributed by atoms with van der Waals surface area (Å²) in [5.41, 5.74) is 2.16. The van der Waals surface area contributed by atoms with E-state index in [1.165, 1.54) is 0 Å². The van der Waals surface area contributed by atoms with Gasteiger partial charge in [0.2, 0.25) is 0 Å². The van der Waals surface area contributed by atoms with Crippen molar-refractivity contribution in [2.24, 2.45) is 84.5 Å². The monoisotopic (exact) mass is 834 g/mol. The predicted molar refractivity (Wildman–Crippen MR) is 226 cm³/mol. The molecule has 0 amide bonds. The number of nitrogens with zero attached hydrogens (tertiary/aromatic N) is 3. The molecular formula is C47H71N5O8. The van der Waals surface area contributed by atoms with E-state index < -0.39 is 0 Å². The van der Waals surface area contributed by atoms with E-state index in [1.807, 2.05) is 0 Å². The lowest BCUT2D eigenvalue weighted by Crippen LogP contribution is -2.59. The van der Waals surface area contributed by atoms with Crippen LogP contribution in [0.25, 0.3) is 0 Å². The van der Waals surface area contributed by atoms with Crippen LogP contribution in [-0.2, 0) is 28.9 Å². The van der Waals surface area contributed by atoms with E-state index in [1.54, 1.807) is 7.11 Å². The van der Waals surface area contributed by atoms with Crippen LogP contribution in [0.3, 0.4) is 0 Å². The molecule has 10 fully saturated rings. The van der Waals surface area contributed by atoms with Crippen LogP contribution in [0.1, 0.15) is 129 Å². The zero-order valence-electron chi connectivity index (χ0n) is 36.4. The molecule has 13 nitrogen and oxygen atoms in total. The van der Waals surface area contributed by atoms with Crippen LogP contribution in [0, 0.1) is 69.0 Å². The van der Waals surface area contributed by atoms with Crippen LogP contribution >= 0.6 is 0 Å². The number of aliphatic hydroxyl groups excluding tert-OH is 2. The van der Waals surface area contributed by atoms with E-state index >= 15 is 0 Å². The van der Waals surface area contributed by atoms with Crippen LogP contribution in [0.2, 0.25) is 0 Å². The number of aliphatic hydroxyl groups is 2. The molecule has 0 radical (unpaired) electrons. The zero-order chi connectivity index (χ0) is 41.9. The van der Waals surface area contributed by atoms with Gasteiger partial charge in [0.1, 0.15) is 36.7 Å². The van der Waals surface area contributed by atoms with Gasteiger partial charge in [-0.15, -0.1) is 0 Å². The van der Waals surface area contributed by atoms with Gasteiger partial charge in [-0.25, -0.2) is 0 Å². The van der Waals surface area contributed by atoms with Gasteiger partial charge in [-0.2, -0.15) is 0 Å². The maximum atomic E-state index is 13.3. The molecule has 2 aliphatic heterocycles. The largest absolute Gasteiger partial charge is 0.399 e. The summed E-state index contributed by atoms with van der Waals surface area (Å²) in [5.74, 6) is 3.27. The number of fused-ring (bicyclic) bond motifs is 10. The Bertz CT molecular complexity index is 1760. The number of ketones is 3. The minimum absolute atomic E-state index is 0.0721. The maximum Gasteiger partial charge on any atom is 0.141 e. The van der Waals surface area contributed by atoms with E-state index in [-0.39, 0.29) is 70.6 Å². The lowest BCUT2D eigenvalue weighted by molar-refractivity contribution is -0.160. The Balaban J connectivity index is 0.000000154. The van der Waals surface area contributed by atoms with Gasteiger partial charge in [-0.05, 0) is 132 Å². The second-order valence-corrected chi connectivity index (χ2v) is 21.3. The van der Waals surface area contributed by atoms with Crippen LogP contribution in [0.15, 0.2) is 15.5 Å². The van der Waals surface area contributed by atoms with Gasteiger partial charge < -0.3 is 35.4 Å². The van der Waals surface area contributed by atoms with Crippen LogP contribution < -0.4 is 10.6 Å². The molecule has 4 N–H and O–H groups in total. The fourth-order valence-corrected chi connectivity index (χ4v) is 15.6. The van der Waals surface area contributed by atoms with Crippen LogP contribution in [-0.4, -0.2) is 103 Å². The SMILES string of the molecule is CC12CCC3C(CC(=O)C4C/C(=N\OC5CCNC5)CCC43CO)C1CCC2=O.CO/N=C1\CC2C3CCC(=O)C3(C)CCC2C2(CO)CC/C(=N/OC3CCNC3)CC12. The Morgan fingerprint density at radius 3 is 1.58 bits per heavy atom. The summed E-state index contributed by atoms with van der Waals surface area (Å²) >= 11 is 0. The molecule has 10 aliphatic rings. The van der Waals surface area contributed by atoms with Crippen molar-refractivity contribution in [1.29, 1.82) is 0 Å². The Morgan fingerprint density at radius 1 is 0.600 bits per heavy atom. The van der Waals surface area contributed by atoms with Gasteiger partial charge in [0.05, 0.1) is 17.1 Å². The highest BCUT2D eigenvalue weighted by Crippen LogP contribution is 2.66. The van der Waals surface area contributed by atoms with E-state index in [2.05, 4.69) is 39.9 Å². The molecule has 14 atom stereocenters. The van der Waals surface area contributed by atoms with Gasteiger partial charge in [0, 0.05) is 91.9 Å². The van der Waals surface area contributed by atoms with Crippen molar-refractivity contribution < 1.29 is 39.1 Å². The van der Waals surface area contributed by atoms with Crippen molar-refractivity contribution in [3.8, 4) is 0 Å². The number of Topliss-reactive ketones (excluding diaryl/α,β-unsaturated/α-hetero) is 3.